The zero-order chi connectivity index (χ0) is 17.1. The number of ether oxygens (including phenoxy) is 1. The Bertz CT molecular complexity index is 882. The van der Waals surface area contributed by atoms with Crippen LogP contribution in [0.15, 0.2) is 29.2 Å². The number of nitrogens with zero attached hydrogens (tertiary/aromatic N) is 2. The lowest BCUT2D eigenvalue weighted by atomic mass is 10.3. The molecule has 0 aliphatic rings. The fourth-order valence-corrected chi connectivity index (χ4v) is 3.50. The Kier molecular flexibility index (Phi) is 4.58. The van der Waals surface area contributed by atoms with Crippen LogP contribution in [0.25, 0.3) is 4.96 Å². The lowest BCUT2D eigenvalue weighted by molar-refractivity contribution is -0.146. The Morgan fingerprint density at radius 3 is 2.88 bits per heavy atom. The number of amides is 2. The second kappa shape index (κ2) is 6.81. The molecule has 24 heavy (non-hydrogen) atoms. The van der Waals surface area contributed by atoms with E-state index >= 15 is 0 Å². The van der Waals surface area contributed by atoms with E-state index in [0.717, 1.165) is 16.3 Å². The van der Waals surface area contributed by atoms with E-state index in [9.17, 15) is 14.4 Å². The normalized spacial score (nSPS) is 10.7. The van der Waals surface area contributed by atoms with Crippen LogP contribution in [-0.4, -0.2) is 33.8 Å². The maximum absolute atomic E-state index is 11.8. The third-order valence-corrected chi connectivity index (χ3v) is 4.62. The number of fused-ring (bicyclic) bond motifs is 1. The van der Waals surface area contributed by atoms with Gasteiger partial charge in [0.15, 0.2) is 11.6 Å². The van der Waals surface area contributed by atoms with Crippen LogP contribution in [0.2, 0.25) is 0 Å². The van der Waals surface area contributed by atoms with E-state index in [-0.39, 0.29) is 12.0 Å². The van der Waals surface area contributed by atoms with Crippen molar-refractivity contribution in [2.75, 3.05) is 11.9 Å². The highest BCUT2D eigenvalue weighted by atomic mass is 32.1. The summed E-state index contributed by atoms with van der Waals surface area (Å²) in [5, 5.41) is 6.34. The Hall–Kier alpha value is -2.72. The van der Waals surface area contributed by atoms with Crippen LogP contribution in [0.3, 0.4) is 0 Å². The number of esters is 1. The monoisotopic (exact) mass is 364 g/mol. The van der Waals surface area contributed by atoms with Crippen LogP contribution >= 0.6 is 22.7 Å². The van der Waals surface area contributed by atoms with Gasteiger partial charge in [-0.3, -0.25) is 18.8 Å². The molecule has 8 nitrogen and oxygen atoms in total. The number of carbonyl (C=O) groups excluding carboxylic acids is 3. The van der Waals surface area contributed by atoms with Crippen LogP contribution in [0, 0.1) is 0 Å². The molecule has 3 heterocycles. The van der Waals surface area contributed by atoms with E-state index in [1.807, 2.05) is 16.0 Å². The van der Waals surface area contributed by atoms with E-state index in [2.05, 4.69) is 10.3 Å². The molecule has 3 aromatic rings. The number of hydrogen-bond donors (Lipinski definition) is 2. The van der Waals surface area contributed by atoms with Crippen molar-refractivity contribution in [2.24, 2.45) is 5.73 Å². The van der Waals surface area contributed by atoms with E-state index in [0.29, 0.717) is 10.7 Å². The van der Waals surface area contributed by atoms with Crippen molar-refractivity contribution >= 4 is 50.4 Å². The molecule has 0 unspecified atom stereocenters. The molecule has 3 aromatic heterocycles. The van der Waals surface area contributed by atoms with Crippen LogP contribution in [0.5, 0.6) is 0 Å². The van der Waals surface area contributed by atoms with Crippen molar-refractivity contribution < 1.29 is 19.1 Å². The lowest BCUT2D eigenvalue weighted by Gasteiger charge is -2.05. The number of imidazole rings is 1. The molecule has 3 rings (SSSR count). The highest BCUT2D eigenvalue weighted by Gasteiger charge is 2.15. The Morgan fingerprint density at radius 1 is 1.29 bits per heavy atom. The molecule has 0 radical (unpaired) electrons. The molecular weight excluding hydrogens is 352 g/mol. The number of hydrogen-bond acceptors (Lipinski definition) is 7. The number of nitrogens with two attached hydrogens (primary N) is 1. The molecule has 0 aromatic carbocycles. The Balaban J connectivity index is 1.50. The molecule has 0 spiro atoms. The average Bonchev–Trinajstić information content (AvgIpc) is 3.20. The summed E-state index contributed by atoms with van der Waals surface area (Å²) in [6.45, 7) is -0.447. The highest BCUT2D eigenvalue weighted by molar-refractivity contribution is 7.15. The van der Waals surface area contributed by atoms with Gasteiger partial charge in [0.05, 0.1) is 17.7 Å². The zero-order valence-electron chi connectivity index (χ0n) is 12.2. The standard InChI is InChI=1S/C14H12N4O4S2/c15-12(21)9-1-3-23-13(9)17-10(19)7-22-11(20)5-8-6-18-2-4-24-14(18)16-8/h1-4,6H,5,7H2,(H2,15,21)(H,17,19). The summed E-state index contributed by atoms with van der Waals surface area (Å²) in [6.07, 6.45) is 3.55. The molecule has 3 N–H and O–H groups in total. The second-order valence-electron chi connectivity index (χ2n) is 4.74. The molecule has 0 fully saturated rings. The van der Waals surface area contributed by atoms with Crippen LogP contribution in [0.1, 0.15) is 16.1 Å². The first-order chi connectivity index (χ1) is 11.5. The van der Waals surface area contributed by atoms with Crippen molar-refractivity contribution in [2.45, 2.75) is 6.42 Å². The minimum absolute atomic E-state index is 0.0206. The summed E-state index contributed by atoms with van der Waals surface area (Å²) in [5.41, 5.74) is 5.98. The average molecular weight is 364 g/mol. The van der Waals surface area contributed by atoms with Gasteiger partial charge >= 0.3 is 5.97 Å². The molecule has 2 amide bonds. The Morgan fingerprint density at radius 2 is 2.12 bits per heavy atom. The summed E-state index contributed by atoms with van der Waals surface area (Å²) in [6, 6.07) is 1.51. The number of thiophene rings is 1. The van der Waals surface area contributed by atoms with E-state index in [1.54, 1.807) is 11.6 Å². The van der Waals surface area contributed by atoms with Gasteiger partial charge in [0.1, 0.15) is 5.00 Å². The minimum Gasteiger partial charge on any atom is -0.455 e. The van der Waals surface area contributed by atoms with Gasteiger partial charge in [-0.25, -0.2) is 4.98 Å². The predicted molar refractivity (Wildman–Crippen MR) is 89.2 cm³/mol. The van der Waals surface area contributed by atoms with Gasteiger partial charge < -0.3 is 15.8 Å². The number of carbonyl (C=O) groups is 3. The van der Waals surface area contributed by atoms with Crippen molar-refractivity contribution in [3.05, 3.63) is 40.5 Å². The third-order valence-electron chi connectivity index (χ3n) is 3.02. The summed E-state index contributed by atoms with van der Waals surface area (Å²) >= 11 is 2.62. The molecule has 124 valence electrons. The lowest BCUT2D eigenvalue weighted by Crippen LogP contribution is -2.22. The van der Waals surface area contributed by atoms with Crippen molar-refractivity contribution in [3.8, 4) is 0 Å². The molecule has 0 aliphatic heterocycles. The van der Waals surface area contributed by atoms with Crippen LogP contribution in [0.4, 0.5) is 5.00 Å². The number of anilines is 1. The number of nitrogens with one attached hydrogen (secondary N) is 1. The topological polar surface area (TPSA) is 116 Å². The summed E-state index contributed by atoms with van der Waals surface area (Å²) in [7, 11) is 0. The largest absolute Gasteiger partial charge is 0.455 e. The van der Waals surface area contributed by atoms with Gasteiger partial charge in [-0.05, 0) is 11.4 Å². The van der Waals surface area contributed by atoms with Gasteiger partial charge in [0.2, 0.25) is 0 Å². The second-order valence-corrected chi connectivity index (χ2v) is 6.53. The maximum Gasteiger partial charge on any atom is 0.312 e. The smallest absolute Gasteiger partial charge is 0.312 e. The maximum atomic E-state index is 11.8. The Labute approximate surface area is 143 Å². The first-order valence-corrected chi connectivity index (χ1v) is 8.52. The first kappa shape index (κ1) is 16.1. The summed E-state index contributed by atoms with van der Waals surface area (Å²) in [5.74, 6) is -1.74. The SMILES string of the molecule is NC(=O)c1ccsc1NC(=O)COC(=O)Cc1cn2ccsc2n1. The van der Waals surface area contributed by atoms with E-state index in [4.69, 9.17) is 10.5 Å². The number of thiazole rings is 1. The first-order valence-electron chi connectivity index (χ1n) is 6.77. The number of primary amides is 1. The molecular formula is C14H12N4O4S2. The molecule has 0 atom stereocenters. The summed E-state index contributed by atoms with van der Waals surface area (Å²) < 4.78 is 6.73. The third kappa shape index (κ3) is 3.60. The van der Waals surface area contributed by atoms with Gasteiger partial charge in [-0.2, -0.15) is 0 Å². The quantitative estimate of drug-likeness (QED) is 0.639. The molecule has 0 aliphatic carbocycles. The fraction of sp³-hybridized carbons (Fsp3) is 0.143. The predicted octanol–water partition coefficient (Wildman–Crippen LogP) is 1.28. The fourth-order valence-electron chi connectivity index (χ4n) is 1.97. The van der Waals surface area contributed by atoms with Crippen molar-refractivity contribution in [1.29, 1.82) is 0 Å². The van der Waals surface area contributed by atoms with Crippen LogP contribution in [-0.2, 0) is 20.7 Å². The molecule has 0 bridgehead atoms. The molecule has 10 heteroatoms. The van der Waals surface area contributed by atoms with Gasteiger partial charge in [0.25, 0.3) is 11.8 Å². The van der Waals surface area contributed by atoms with E-state index in [1.165, 1.54) is 17.4 Å². The van der Waals surface area contributed by atoms with Gasteiger partial charge in [0, 0.05) is 17.8 Å². The summed E-state index contributed by atoms with van der Waals surface area (Å²) in [4.78, 5) is 39.8. The molecule has 0 saturated heterocycles. The van der Waals surface area contributed by atoms with Gasteiger partial charge in [-0.1, -0.05) is 0 Å². The highest BCUT2D eigenvalue weighted by Crippen LogP contribution is 2.22. The number of aromatic nitrogens is 2. The number of rotatable bonds is 6. The zero-order valence-corrected chi connectivity index (χ0v) is 13.9. The molecule has 0 saturated carbocycles. The van der Waals surface area contributed by atoms with Crippen molar-refractivity contribution in [1.82, 2.24) is 9.38 Å². The van der Waals surface area contributed by atoms with Crippen LogP contribution < -0.4 is 11.1 Å². The van der Waals surface area contributed by atoms with Crippen molar-refractivity contribution in [3.63, 3.8) is 0 Å². The van der Waals surface area contributed by atoms with Gasteiger partial charge in [-0.15, -0.1) is 22.7 Å². The minimum atomic E-state index is -0.636. The van der Waals surface area contributed by atoms with E-state index < -0.39 is 24.4 Å².